The molecule has 0 bridgehead atoms. The lowest BCUT2D eigenvalue weighted by Crippen LogP contribution is -2.23. The maximum Gasteiger partial charge on any atom is 0.251 e. The zero-order chi connectivity index (χ0) is 24.6. The molecule has 6 nitrogen and oxygen atoms in total. The third-order valence-electron chi connectivity index (χ3n) is 5.48. The molecule has 35 heavy (non-hydrogen) atoms. The third-order valence-corrected chi connectivity index (χ3v) is 5.48. The second-order valence-electron chi connectivity index (χ2n) is 8.64. The van der Waals surface area contributed by atoms with E-state index in [0.29, 0.717) is 25.2 Å². The molecular formula is C29H32N4O2. The average Bonchev–Trinajstić information content (AvgIpc) is 3.29. The van der Waals surface area contributed by atoms with Gasteiger partial charge in [0.2, 0.25) is 0 Å². The number of nitrogens with one attached hydrogen (secondary N) is 2. The van der Waals surface area contributed by atoms with Crippen molar-refractivity contribution in [3.05, 3.63) is 102 Å². The molecule has 0 aliphatic carbocycles. The van der Waals surface area contributed by atoms with Crippen molar-refractivity contribution in [1.82, 2.24) is 20.4 Å². The number of rotatable bonds is 10. The van der Waals surface area contributed by atoms with Gasteiger partial charge in [0.1, 0.15) is 5.75 Å². The van der Waals surface area contributed by atoms with Crippen molar-refractivity contribution < 1.29 is 9.53 Å². The fourth-order valence-corrected chi connectivity index (χ4v) is 3.89. The van der Waals surface area contributed by atoms with E-state index < -0.39 is 0 Å². The van der Waals surface area contributed by atoms with Gasteiger partial charge in [0.15, 0.2) is 0 Å². The molecule has 0 saturated heterocycles. The van der Waals surface area contributed by atoms with E-state index in [4.69, 9.17) is 9.84 Å². The van der Waals surface area contributed by atoms with E-state index in [9.17, 15) is 4.79 Å². The number of benzene rings is 3. The van der Waals surface area contributed by atoms with Crippen LogP contribution in [-0.4, -0.2) is 28.3 Å². The smallest absolute Gasteiger partial charge is 0.251 e. The van der Waals surface area contributed by atoms with Crippen LogP contribution in [0.3, 0.4) is 0 Å². The van der Waals surface area contributed by atoms with Crippen molar-refractivity contribution in [3.63, 3.8) is 0 Å². The van der Waals surface area contributed by atoms with Crippen LogP contribution in [0.4, 0.5) is 0 Å². The predicted octanol–water partition coefficient (Wildman–Crippen LogP) is 5.37. The van der Waals surface area contributed by atoms with Gasteiger partial charge in [-0.1, -0.05) is 30.3 Å². The molecule has 0 aliphatic heterocycles. The van der Waals surface area contributed by atoms with E-state index in [1.54, 1.807) is 0 Å². The first kappa shape index (κ1) is 24.2. The van der Waals surface area contributed by atoms with Gasteiger partial charge < -0.3 is 15.4 Å². The van der Waals surface area contributed by atoms with Gasteiger partial charge in [0.05, 0.1) is 17.5 Å². The summed E-state index contributed by atoms with van der Waals surface area (Å²) < 4.78 is 7.72. The summed E-state index contributed by atoms with van der Waals surface area (Å²) in [6.45, 7) is 7.85. The Bertz CT molecular complexity index is 1250. The van der Waals surface area contributed by atoms with E-state index in [2.05, 4.69) is 29.0 Å². The fourth-order valence-electron chi connectivity index (χ4n) is 3.89. The topological polar surface area (TPSA) is 68.2 Å². The molecule has 0 aliphatic rings. The lowest BCUT2D eigenvalue weighted by Gasteiger charge is -2.10. The lowest BCUT2D eigenvalue weighted by atomic mass is 10.1. The molecule has 0 unspecified atom stereocenters. The molecule has 1 heterocycles. The maximum absolute atomic E-state index is 12.2. The lowest BCUT2D eigenvalue weighted by molar-refractivity contribution is 0.0955. The van der Waals surface area contributed by atoms with Gasteiger partial charge in [-0.05, 0) is 74.9 Å². The number of amides is 1. The molecule has 0 radical (unpaired) electrons. The van der Waals surface area contributed by atoms with Crippen LogP contribution < -0.4 is 15.4 Å². The number of carbonyl (C=O) groups excluding carboxylic acids is 1. The Balaban J connectivity index is 1.54. The SMILES string of the molecule is CCNC(=O)c1cccc(CNCc2cn(-c3ccccc3)nc2-c2ccc(OC(C)C)cc2)c1. The van der Waals surface area contributed by atoms with Crippen LogP contribution in [0.15, 0.2) is 85.1 Å². The normalized spacial score (nSPS) is 11.0. The van der Waals surface area contributed by atoms with Crippen LogP contribution in [0.2, 0.25) is 0 Å². The Morgan fingerprint density at radius 3 is 2.46 bits per heavy atom. The zero-order valence-corrected chi connectivity index (χ0v) is 20.5. The highest BCUT2D eigenvalue weighted by Crippen LogP contribution is 2.26. The summed E-state index contributed by atoms with van der Waals surface area (Å²) in [4.78, 5) is 12.2. The highest BCUT2D eigenvalue weighted by Gasteiger charge is 2.13. The molecule has 2 N–H and O–H groups in total. The minimum Gasteiger partial charge on any atom is -0.491 e. The van der Waals surface area contributed by atoms with Gasteiger partial charge in [-0.2, -0.15) is 5.10 Å². The summed E-state index contributed by atoms with van der Waals surface area (Å²) in [5, 5.41) is 11.3. The Morgan fingerprint density at radius 2 is 1.74 bits per heavy atom. The molecule has 4 rings (SSSR count). The van der Waals surface area contributed by atoms with Gasteiger partial charge in [0, 0.05) is 42.5 Å². The Kier molecular flexibility index (Phi) is 7.95. The molecule has 1 aromatic heterocycles. The van der Waals surface area contributed by atoms with Crippen molar-refractivity contribution in [1.29, 1.82) is 0 Å². The maximum atomic E-state index is 12.2. The summed E-state index contributed by atoms with van der Waals surface area (Å²) in [5.41, 5.74) is 5.79. The average molecular weight is 469 g/mol. The van der Waals surface area contributed by atoms with Crippen LogP contribution in [-0.2, 0) is 13.1 Å². The van der Waals surface area contributed by atoms with E-state index in [1.165, 1.54) is 0 Å². The summed E-state index contributed by atoms with van der Waals surface area (Å²) >= 11 is 0. The highest BCUT2D eigenvalue weighted by molar-refractivity contribution is 5.94. The van der Waals surface area contributed by atoms with Crippen LogP contribution in [0.5, 0.6) is 5.75 Å². The number of aromatic nitrogens is 2. The van der Waals surface area contributed by atoms with Gasteiger partial charge in [-0.25, -0.2) is 4.68 Å². The monoisotopic (exact) mass is 468 g/mol. The minimum absolute atomic E-state index is 0.0503. The number of hydrogen-bond acceptors (Lipinski definition) is 4. The van der Waals surface area contributed by atoms with Crippen molar-refractivity contribution in [3.8, 4) is 22.7 Å². The molecule has 0 atom stereocenters. The van der Waals surface area contributed by atoms with E-state index in [-0.39, 0.29) is 12.0 Å². The van der Waals surface area contributed by atoms with Crippen LogP contribution in [0.25, 0.3) is 16.9 Å². The van der Waals surface area contributed by atoms with Crippen molar-refractivity contribution in [2.45, 2.75) is 40.0 Å². The number of carbonyl (C=O) groups is 1. The number of para-hydroxylation sites is 1. The summed E-state index contributed by atoms with van der Waals surface area (Å²) in [5.74, 6) is 0.795. The molecule has 0 saturated carbocycles. The number of ether oxygens (including phenoxy) is 1. The largest absolute Gasteiger partial charge is 0.491 e. The van der Waals surface area contributed by atoms with Crippen LogP contribution in [0, 0.1) is 0 Å². The minimum atomic E-state index is -0.0503. The Morgan fingerprint density at radius 1 is 0.971 bits per heavy atom. The van der Waals surface area contributed by atoms with Crippen molar-refractivity contribution >= 4 is 5.91 Å². The standard InChI is InChI=1S/C29H32N4O2/c1-4-31-29(34)24-10-8-9-22(17-24)18-30-19-25-20-33(26-11-6-5-7-12-26)32-28(25)23-13-15-27(16-14-23)35-21(2)3/h5-17,20-21,30H,4,18-19H2,1-3H3,(H,31,34). The van der Waals surface area contributed by atoms with Crippen molar-refractivity contribution in [2.75, 3.05) is 6.54 Å². The van der Waals surface area contributed by atoms with Crippen molar-refractivity contribution in [2.24, 2.45) is 0 Å². The molecule has 0 spiro atoms. The third kappa shape index (κ3) is 6.37. The van der Waals surface area contributed by atoms with E-state index >= 15 is 0 Å². The molecule has 6 heteroatoms. The molecule has 0 fully saturated rings. The second-order valence-corrected chi connectivity index (χ2v) is 8.64. The van der Waals surface area contributed by atoms with E-state index in [1.807, 2.05) is 92.2 Å². The quantitative estimate of drug-likeness (QED) is 0.329. The zero-order valence-electron chi connectivity index (χ0n) is 20.5. The van der Waals surface area contributed by atoms with E-state index in [0.717, 1.165) is 33.8 Å². The van der Waals surface area contributed by atoms with Gasteiger partial charge in [0.25, 0.3) is 5.91 Å². The molecule has 4 aromatic rings. The molecule has 3 aromatic carbocycles. The van der Waals surface area contributed by atoms with Crippen LogP contribution in [0.1, 0.15) is 42.3 Å². The predicted molar refractivity (Wildman–Crippen MR) is 140 cm³/mol. The molecular weight excluding hydrogens is 436 g/mol. The van der Waals surface area contributed by atoms with Gasteiger partial charge >= 0.3 is 0 Å². The van der Waals surface area contributed by atoms with Gasteiger partial charge in [-0.3, -0.25) is 4.79 Å². The van der Waals surface area contributed by atoms with Crippen LogP contribution >= 0.6 is 0 Å². The Hall–Kier alpha value is -3.90. The number of hydrogen-bond donors (Lipinski definition) is 2. The summed E-state index contributed by atoms with van der Waals surface area (Å²) in [6.07, 6.45) is 2.20. The highest BCUT2D eigenvalue weighted by atomic mass is 16.5. The second kappa shape index (κ2) is 11.5. The number of nitrogens with zero attached hydrogens (tertiary/aromatic N) is 2. The summed E-state index contributed by atoms with van der Waals surface area (Å²) in [7, 11) is 0. The first-order chi connectivity index (χ1) is 17.0. The molecule has 1 amide bonds. The fraction of sp³-hybridized carbons (Fsp3) is 0.241. The first-order valence-corrected chi connectivity index (χ1v) is 12.0. The van der Waals surface area contributed by atoms with Gasteiger partial charge in [-0.15, -0.1) is 0 Å². The molecule has 180 valence electrons. The first-order valence-electron chi connectivity index (χ1n) is 12.0. The Labute approximate surface area is 207 Å². The summed E-state index contributed by atoms with van der Waals surface area (Å²) in [6, 6.07) is 25.9.